The van der Waals surface area contributed by atoms with Gasteiger partial charge in [-0.3, -0.25) is 4.89 Å². The van der Waals surface area contributed by atoms with Crippen molar-refractivity contribution in [3.63, 3.8) is 0 Å². The van der Waals surface area contributed by atoms with Gasteiger partial charge in [-0.25, -0.2) is 4.57 Å². The summed E-state index contributed by atoms with van der Waals surface area (Å²) in [4.78, 5) is 9.07. The lowest BCUT2D eigenvalue weighted by Crippen LogP contribution is -2.06. The highest BCUT2D eigenvalue weighted by Gasteiger charge is 2.36. The third-order valence-corrected chi connectivity index (χ3v) is 4.86. The van der Waals surface area contributed by atoms with Crippen LogP contribution in [0.15, 0.2) is 0 Å². The van der Waals surface area contributed by atoms with Gasteiger partial charge in [0.25, 0.3) is 0 Å². The lowest BCUT2D eigenvalue weighted by Gasteiger charge is -2.07. The Bertz CT molecular complexity index is 261. The Morgan fingerprint density at radius 2 is 2.12 bits per heavy atom. The maximum atomic E-state index is 11.5. The van der Waals surface area contributed by atoms with Crippen LogP contribution in [0.5, 0.6) is 0 Å². The SMILES string of the molecule is CCCC(CC)C[P+](=O)OP(=O)(O)ONC. The van der Waals surface area contributed by atoms with Gasteiger partial charge < -0.3 is 0 Å². The fourth-order valence-corrected chi connectivity index (χ4v) is 3.74. The molecule has 0 spiro atoms. The van der Waals surface area contributed by atoms with Gasteiger partial charge in [0.2, 0.25) is 0 Å². The molecular weight excluding hydrogens is 252 g/mol. The van der Waals surface area contributed by atoms with Gasteiger partial charge in [-0.15, -0.1) is 0 Å². The summed E-state index contributed by atoms with van der Waals surface area (Å²) < 4.78 is 31.3. The van der Waals surface area contributed by atoms with E-state index in [1.807, 2.05) is 19.3 Å². The summed E-state index contributed by atoms with van der Waals surface area (Å²) in [5, 5.41) is 0. The van der Waals surface area contributed by atoms with Crippen LogP contribution in [0.25, 0.3) is 0 Å². The summed E-state index contributed by atoms with van der Waals surface area (Å²) in [7, 11) is -5.07. The Morgan fingerprint density at radius 1 is 1.50 bits per heavy atom. The van der Waals surface area contributed by atoms with Gasteiger partial charge in [0, 0.05) is 13.0 Å². The lowest BCUT2D eigenvalue weighted by atomic mass is 10.0. The van der Waals surface area contributed by atoms with E-state index in [2.05, 4.69) is 8.94 Å². The first-order valence-electron chi connectivity index (χ1n) is 5.27. The van der Waals surface area contributed by atoms with Crippen molar-refractivity contribution in [3.05, 3.63) is 0 Å². The first kappa shape index (κ1) is 16.2. The predicted molar refractivity (Wildman–Crippen MR) is 62.2 cm³/mol. The second-order valence-electron chi connectivity index (χ2n) is 3.42. The van der Waals surface area contributed by atoms with Crippen molar-refractivity contribution in [3.8, 4) is 0 Å². The minimum atomic E-state index is -4.23. The minimum Gasteiger partial charge on any atom is -0.299 e. The van der Waals surface area contributed by atoms with E-state index in [4.69, 9.17) is 4.89 Å². The molecule has 3 unspecified atom stereocenters. The fourth-order valence-electron chi connectivity index (χ4n) is 1.32. The Kier molecular flexibility index (Phi) is 8.38. The van der Waals surface area contributed by atoms with Crippen molar-refractivity contribution in [2.75, 3.05) is 13.2 Å². The summed E-state index contributed by atoms with van der Waals surface area (Å²) in [6.07, 6.45) is 3.09. The Balaban J connectivity index is 4.10. The van der Waals surface area contributed by atoms with E-state index in [9.17, 15) is 9.13 Å². The third kappa shape index (κ3) is 7.44. The molecule has 16 heavy (non-hydrogen) atoms. The van der Waals surface area contributed by atoms with Crippen LogP contribution < -0.4 is 5.48 Å². The van der Waals surface area contributed by atoms with Crippen molar-refractivity contribution >= 4 is 15.9 Å². The van der Waals surface area contributed by atoms with E-state index in [0.29, 0.717) is 0 Å². The van der Waals surface area contributed by atoms with Crippen molar-refractivity contribution in [2.24, 2.45) is 5.92 Å². The molecule has 0 aromatic rings. The molecule has 2 N–H and O–H groups in total. The largest absolute Gasteiger partial charge is 0.531 e. The molecule has 0 aromatic heterocycles. The number of hydrogen-bond donors (Lipinski definition) is 2. The average molecular weight is 272 g/mol. The molecule has 0 bridgehead atoms. The minimum absolute atomic E-state index is 0.253. The molecule has 96 valence electrons. The monoisotopic (exact) mass is 272 g/mol. The molecule has 0 saturated heterocycles. The molecule has 0 saturated carbocycles. The zero-order valence-electron chi connectivity index (χ0n) is 9.88. The topological polar surface area (TPSA) is 84.9 Å². The maximum absolute atomic E-state index is 11.5. The van der Waals surface area contributed by atoms with E-state index in [1.165, 1.54) is 7.05 Å². The maximum Gasteiger partial charge on any atom is 0.531 e. The molecule has 0 fully saturated rings. The standard InChI is InChI=1S/C8H19NO5P2/c1-4-6-8(5-2)7-15(10)14-16(11,12)13-9-3/h8-9H,4-7H2,1-3H3/p+1. The van der Waals surface area contributed by atoms with Gasteiger partial charge in [-0.2, -0.15) is 10.1 Å². The van der Waals surface area contributed by atoms with Crippen molar-refractivity contribution < 1.29 is 23.0 Å². The van der Waals surface area contributed by atoms with Crippen molar-refractivity contribution in [2.45, 2.75) is 33.1 Å². The summed E-state index contributed by atoms with van der Waals surface area (Å²) in [6, 6.07) is 0. The molecule has 3 atom stereocenters. The van der Waals surface area contributed by atoms with Crippen LogP contribution in [0.1, 0.15) is 33.1 Å². The van der Waals surface area contributed by atoms with Crippen LogP contribution in [-0.2, 0) is 18.1 Å². The summed E-state index contributed by atoms with van der Waals surface area (Å²) >= 11 is 0. The predicted octanol–water partition coefficient (Wildman–Crippen LogP) is 2.82. The average Bonchev–Trinajstić information content (AvgIpc) is 2.15. The molecule has 0 rings (SSSR count). The first-order chi connectivity index (χ1) is 7.45. The van der Waals surface area contributed by atoms with E-state index in [-0.39, 0.29) is 12.1 Å². The number of phosphoric acid groups is 1. The highest BCUT2D eigenvalue weighted by Crippen LogP contribution is 2.51. The Morgan fingerprint density at radius 3 is 2.56 bits per heavy atom. The van der Waals surface area contributed by atoms with Gasteiger partial charge in [0.05, 0.1) is 0 Å². The van der Waals surface area contributed by atoms with E-state index in [1.54, 1.807) is 0 Å². The number of nitrogens with one attached hydrogen (secondary N) is 1. The van der Waals surface area contributed by atoms with E-state index in [0.717, 1.165) is 19.3 Å². The van der Waals surface area contributed by atoms with Crippen molar-refractivity contribution in [1.29, 1.82) is 0 Å². The Labute approximate surface area is 97.2 Å². The second-order valence-corrected chi connectivity index (χ2v) is 6.23. The fraction of sp³-hybridized carbons (Fsp3) is 1.00. The molecule has 0 heterocycles. The molecule has 0 aliphatic carbocycles. The van der Waals surface area contributed by atoms with Crippen LogP contribution in [0.2, 0.25) is 0 Å². The smallest absolute Gasteiger partial charge is 0.299 e. The Hall–Kier alpha value is 0.170. The van der Waals surface area contributed by atoms with Crippen LogP contribution >= 0.6 is 15.9 Å². The zero-order valence-corrected chi connectivity index (χ0v) is 11.7. The van der Waals surface area contributed by atoms with Crippen LogP contribution in [0.4, 0.5) is 0 Å². The normalized spacial score (nSPS) is 17.9. The summed E-state index contributed by atoms with van der Waals surface area (Å²) in [5.41, 5.74) is 2.04. The lowest BCUT2D eigenvalue weighted by molar-refractivity contribution is 0.149. The molecule has 8 heteroatoms. The number of rotatable bonds is 9. The van der Waals surface area contributed by atoms with Gasteiger partial charge in [-0.1, -0.05) is 20.3 Å². The van der Waals surface area contributed by atoms with E-state index < -0.39 is 15.9 Å². The summed E-state index contributed by atoms with van der Waals surface area (Å²) in [6.45, 7) is 4.03. The van der Waals surface area contributed by atoms with Gasteiger partial charge in [0.1, 0.15) is 0 Å². The molecule has 0 aliphatic rings. The molecular formula is C8H20NO5P2+. The molecule has 6 nitrogen and oxygen atoms in total. The van der Waals surface area contributed by atoms with E-state index >= 15 is 0 Å². The third-order valence-electron chi connectivity index (χ3n) is 2.08. The first-order valence-corrected chi connectivity index (χ1v) is 8.13. The summed E-state index contributed by atoms with van der Waals surface area (Å²) in [5.74, 6) is 0.253. The molecule has 0 aromatic carbocycles. The zero-order chi connectivity index (χ0) is 12.6. The van der Waals surface area contributed by atoms with Crippen LogP contribution in [-0.4, -0.2) is 18.1 Å². The van der Waals surface area contributed by atoms with Crippen LogP contribution in [0, 0.1) is 5.92 Å². The second kappa shape index (κ2) is 8.29. The van der Waals surface area contributed by atoms with Gasteiger partial charge in [0.15, 0.2) is 6.16 Å². The molecule has 0 radical (unpaired) electrons. The highest BCUT2D eigenvalue weighted by atomic mass is 31.2. The number of hydrogen-bond acceptors (Lipinski definition) is 5. The van der Waals surface area contributed by atoms with Gasteiger partial charge in [-0.05, 0) is 21.7 Å². The van der Waals surface area contributed by atoms with Crippen molar-refractivity contribution in [1.82, 2.24) is 5.48 Å². The highest BCUT2D eigenvalue weighted by molar-refractivity contribution is 7.57. The molecule has 0 aliphatic heterocycles. The molecule has 0 amide bonds. The van der Waals surface area contributed by atoms with Gasteiger partial charge >= 0.3 is 15.9 Å². The van der Waals surface area contributed by atoms with Crippen LogP contribution in [0.3, 0.4) is 0 Å². The quantitative estimate of drug-likeness (QED) is 0.496. The number of hydroxylamine groups is 1.